The van der Waals surface area contributed by atoms with Crippen LogP contribution in [0.15, 0.2) is 59.3 Å². The number of pyridine rings is 1. The molecule has 0 amide bonds. The fourth-order valence-electron chi connectivity index (χ4n) is 4.40. The molecule has 1 N–H and O–H groups in total. The van der Waals surface area contributed by atoms with Gasteiger partial charge in [0.1, 0.15) is 11.6 Å². The first kappa shape index (κ1) is 22.5. The molecule has 5 rings (SSSR count). The minimum atomic E-state index is 0.636. The lowest BCUT2D eigenvalue weighted by Crippen LogP contribution is -2.33. The summed E-state index contributed by atoms with van der Waals surface area (Å²) in [5.41, 5.74) is 2.88. The molecule has 1 fully saturated rings. The van der Waals surface area contributed by atoms with E-state index in [2.05, 4.69) is 26.2 Å². The van der Waals surface area contributed by atoms with E-state index in [4.69, 9.17) is 26.0 Å². The Morgan fingerprint density at radius 3 is 2.79 bits per heavy atom. The predicted octanol–water partition coefficient (Wildman–Crippen LogP) is 5.69. The molecular weight excluding hydrogens is 448 g/mol. The van der Waals surface area contributed by atoms with Gasteiger partial charge >= 0.3 is 0 Å². The number of piperidine rings is 1. The molecular formula is C26H29ClN6O. The van der Waals surface area contributed by atoms with Crippen LogP contribution >= 0.6 is 11.6 Å². The van der Waals surface area contributed by atoms with E-state index in [9.17, 15) is 0 Å². The first-order valence-corrected chi connectivity index (χ1v) is 12.2. The SMILES string of the molecule is Cc1cc(N(CCNc2ccnc3cc(Cl)ccc23)Cc2ccco2)nc(N2CCCCC2)n1. The molecule has 8 heteroatoms. The van der Waals surface area contributed by atoms with Crippen molar-refractivity contribution in [3.05, 3.63) is 71.4 Å². The molecule has 0 bridgehead atoms. The Balaban J connectivity index is 1.36. The monoisotopic (exact) mass is 476 g/mol. The summed E-state index contributed by atoms with van der Waals surface area (Å²) < 4.78 is 5.66. The van der Waals surface area contributed by atoms with Crippen molar-refractivity contribution in [2.75, 3.05) is 41.3 Å². The molecule has 4 aromatic rings. The van der Waals surface area contributed by atoms with Gasteiger partial charge in [0, 0.05) is 60.2 Å². The van der Waals surface area contributed by atoms with Crippen molar-refractivity contribution in [2.24, 2.45) is 0 Å². The minimum Gasteiger partial charge on any atom is -0.467 e. The number of benzene rings is 1. The highest BCUT2D eigenvalue weighted by molar-refractivity contribution is 6.31. The first-order valence-electron chi connectivity index (χ1n) is 11.8. The van der Waals surface area contributed by atoms with Crippen molar-refractivity contribution in [2.45, 2.75) is 32.7 Å². The number of anilines is 3. The second-order valence-corrected chi connectivity index (χ2v) is 9.10. The normalized spacial score (nSPS) is 13.9. The van der Waals surface area contributed by atoms with E-state index in [-0.39, 0.29) is 0 Å². The van der Waals surface area contributed by atoms with Crippen molar-refractivity contribution in [3.63, 3.8) is 0 Å². The Kier molecular flexibility index (Phi) is 6.81. The van der Waals surface area contributed by atoms with Gasteiger partial charge in [-0.3, -0.25) is 4.98 Å². The average Bonchev–Trinajstić information content (AvgIpc) is 3.37. The molecule has 0 aliphatic carbocycles. The largest absolute Gasteiger partial charge is 0.467 e. The number of fused-ring (bicyclic) bond motifs is 1. The zero-order chi connectivity index (χ0) is 23.3. The van der Waals surface area contributed by atoms with Crippen LogP contribution in [-0.4, -0.2) is 41.1 Å². The molecule has 1 aromatic carbocycles. The van der Waals surface area contributed by atoms with Gasteiger partial charge in [0.05, 0.1) is 18.3 Å². The molecule has 0 unspecified atom stereocenters. The van der Waals surface area contributed by atoms with Crippen LogP contribution in [0.5, 0.6) is 0 Å². The highest BCUT2D eigenvalue weighted by atomic mass is 35.5. The van der Waals surface area contributed by atoms with E-state index in [0.717, 1.165) is 66.0 Å². The van der Waals surface area contributed by atoms with Gasteiger partial charge in [-0.1, -0.05) is 11.6 Å². The molecule has 1 aliphatic rings. The van der Waals surface area contributed by atoms with Crippen LogP contribution in [0.1, 0.15) is 30.7 Å². The molecule has 7 nitrogen and oxygen atoms in total. The van der Waals surface area contributed by atoms with Crippen LogP contribution in [0.2, 0.25) is 5.02 Å². The van der Waals surface area contributed by atoms with Gasteiger partial charge < -0.3 is 19.5 Å². The Labute approximate surface area is 204 Å². The highest BCUT2D eigenvalue weighted by Crippen LogP contribution is 2.25. The van der Waals surface area contributed by atoms with E-state index < -0.39 is 0 Å². The van der Waals surface area contributed by atoms with E-state index >= 15 is 0 Å². The number of halogens is 1. The lowest BCUT2D eigenvalue weighted by atomic mass is 10.1. The smallest absolute Gasteiger partial charge is 0.227 e. The maximum Gasteiger partial charge on any atom is 0.227 e. The molecule has 176 valence electrons. The van der Waals surface area contributed by atoms with Gasteiger partial charge in [-0.25, -0.2) is 4.98 Å². The summed E-state index contributed by atoms with van der Waals surface area (Å²) in [6.45, 7) is 6.18. The first-order chi connectivity index (χ1) is 16.7. The maximum atomic E-state index is 6.14. The zero-order valence-corrected chi connectivity index (χ0v) is 20.1. The summed E-state index contributed by atoms with van der Waals surface area (Å²) in [4.78, 5) is 18.7. The molecule has 0 saturated carbocycles. The number of aromatic nitrogens is 3. The highest BCUT2D eigenvalue weighted by Gasteiger charge is 2.18. The number of furan rings is 1. The topological polar surface area (TPSA) is 70.3 Å². The third-order valence-electron chi connectivity index (χ3n) is 6.12. The maximum absolute atomic E-state index is 6.14. The lowest BCUT2D eigenvalue weighted by molar-refractivity contribution is 0.502. The molecule has 3 aromatic heterocycles. The number of nitrogens with zero attached hydrogens (tertiary/aromatic N) is 5. The molecule has 1 saturated heterocycles. The second kappa shape index (κ2) is 10.3. The van der Waals surface area contributed by atoms with Gasteiger partial charge in [-0.15, -0.1) is 0 Å². The Morgan fingerprint density at radius 1 is 1.09 bits per heavy atom. The number of nitrogens with one attached hydrogen (secondary N) is 1. The van der Waals surface area contributed by atoms with Gasteiger partial charge in [-0.05, 0) is 62.6 Å². The molecule has 34 heavy (non-hydrogen) atoms. The van der Waals surface area contributed by atoms with Crippen molar-refractivity contribution in [1.29, 1.82) is 0 Å². The summed E-state index contributed by atoms with van der Waals surface area (Å²) in [5.74, 6) is 2.64. The van der Waals surface area contributed by atoms with Crippen LogP contribution < -0.4 is 15.1 Å². The van der Waals surface area contributed by atoms with Crippen LogP contribution in [0.25, 0.3) is 10.9 Å². The van der Waals surface area contributed by atoms with Crippen molar-refractivity contribution < 1.29 is 4.42 Å². The van der Waals surface area contributed by atoms with E-state index in [1.165, 1.54) is 19.3 Å². The average molecular weight is 477 g/mol. The molecule has 4 heterocycles. The van der Waals surface area contributed by atoms with Crippen LogP contribution in [0.4, 0.5) is 17.5 Å². The Bertz CT molecular complexity index is 1240. The van der Waals surface area contributed by atoms with Crippen LogP contribution in [0, 0.1) is 6.92 Å². The van der Waals surface area contributed by atoms with E-state index in [1.54, 1.807) is 12.5 Å². The summed E-state index contributed by atoms with van der Waals surface area (Å²) in [5, 5.41) is 5.31. The van der Waals surface area contributed by atoms with Crippen molar-refractivity contribution in [3.8, 4) is 0 Å². The molecule has 1 aliphatic heterocycles. The van der Waals surface area contributed by atoms with Gasteiger partial charge in [0.15, 0.2) is 0 Å². The molecule has 0 atom stereocenters. The summed E-state index contributed by atoms with van der Waals surface area (Å²) in [6.07, 6.45) is 7.18. The third kappa shape index (κ3) is 5.25. The van der Waals surface area contributed by atoms with E-state index in [1.807, 2.05) is 43.3 Å². The van der Waals surface area contributed by atoms with Gasteiger partial charge in [0.2, 0.25) is 5.95 Å². The molecule has 0 radical (unpaired) electrons. The summed E-state index contributed by atoms with van der Waals surface area (Å²) >= 11 is 6.14. The minimum absolute atomic E-state index is 0.636. The number of hydrogen-bond acceptors (Lipinski definition) is 7. The predicted molar refractivity (Wildman–Crippen MR) is 138 cm³/mol. The van der Waals surface area contributed by atoms with Gasteiger partial charge in [0.25, 0.3) is 0 Å². The summed E-state index contributed by atoms with van der Waals surface area (Å²) in [6, 6.07) is 13.8. The van der Waals surface area contributed by atoms with Crippen LogP contribution in [-0.2, 0) is 6.54 Å². The van der Waals surface area contributed by atoms with Crippen LogP contribution in [0.3, 0.4) is 0 Å². The second-order valence-electron chi connectivity index (χ2n) is 8.66. The fourth-order valence-corrected chi connectivity index (χ4v) is 4.57. The quantitative estimate of drug-likeness (QED) is 0.350. The van der Waals surface area contributed by atoms with Crippen molar-refractivity contribution >= 4 is 40.0 Å². The fraction of sp³-hybridized carbons (Fsp3) is 0.346. The Morgan fingerprint density at radius 2 is 1.97 bits per heavy atom. The number of hydrogen-bond donors (Lipinski definition) is 1. The van der Waals surface area contributed by atoms with Gasteiger partial charge in [-0.2, -0.15) is 4.98 Å². The number of rotatable bonds is 8. The Hall–Kier alpha value is -3.32. The standard InChI is InChI=1S/C26H29ClN6O/c1-19-16-25(31-26(30-19)32-12-3-2-4-13-32)33(18-21-6-5-15-34-21)14-11-29-23-9-10-28-24-17-20(27)7-8-22(23)24/h5-10,15-17H,2-4,11-14,18H2,1H3,(H,28,29). The summed E-state index contributed by atoms with van der Waals surface area (Å²) in [7, 11) is 0. The lowest BCUT2D eigenvalue weighted by Gasteiger charge is -2.29. The van der Waals surface area contributed by atoms with E-state index in [0.29, 0.717) is 11.6 Å². The number of aryl methyl sites for hydroxylation is 1. The third-order valence-corrected chi connectivity index (χ3v) is 6.36. The molecule has 0 spiro atoms. The van der Waals surface area contributed by atoms with Crippen molar-refractivity contribution in [1.82, 2.24) is 15.0 Å². The zero-order valence-electron chi connectivity index (χ0n) is 19.4.